The Kier molecular flexibility index (Phi) is 6.53. The average molecular weight is 339 g/mol. The third-order valence-corrected chi connectivity index (χ3v) is 4.90. The number of carbonyl (C=O) groups is 1. The third kappa shape index (κ3) is 5.84. The number of piperazine rings is 1. The van der Waals surface area contributed by atoms with Gasteiger partial charge in [0, 0.05) is 57.8 Å². The van der Waals surface area contributed by atoms with Gasteiger partial charge < -0.3 is 10.2 Å². The molecule has 1 aliphatic heterocycles. The molecule has 2 fully saturated rings. The minimum atomic E-state index is 0.0851. The molecule has 1 saturated heterocycles. The molecule has 6 heteroatoms. The Morgan fingerprint density at radius 3 is 2.57 bits per heavy atom. The molecule has 0 spiro atoms. The van der Waals surface area contributed by atoms with Crippen molar-refractivity contribution in [3.05, 3.63) is 0 Å². The minimum absolute atomic E-state index is 0.0851. The predicted octanol–water partition coefficient (Wildman–Crippen LogP) is 1.72. The van der Waals surface area contributed by atoms with Crippen LogP contribution in [0.1, 0.15) is 40.0 Å². The van der Waals surface area contributed by atoms with E-state index in [1.807, 2.05) is 0 Å². The summed E-state index contributed by atoms with van der Waals surface area (Å²) in [7, 11) is 0. The van der Waals surface area contributed by atoms with Gasteiger partial charge in [-0.15, -0.1) is 0 Å². The van der Waals surface area contributed by atoms with Gasteiger partial charge >= 0.3 is 0 Å². The molecule has 0 atom stereocenters. The normalized spacial score (nSPS) is 24.0. The largest absolute Gasteiger partial charge is 0.363 e. The second-order valence-electron chi connectivity index (χ2n) is 7.35. The zero-order valence-electron chi connectivity index (χ0n) is 14.7. The summed E-state index contributed by atoms with van der Waals surface area (Å²) in [6, 6.07) is 0. The number of hydrogen-bond donors (Lipinski definition) is 1. The zero-order chi connectivity index (χ0) is 16.9. The number of rotatable bonds is 4. The first kappa shape index (κ1) is 18.3. The van der Waals surface area contributed by atoms with E-state index in [9.17, 15) is 4.79 Å². The molecule has 130 valence electrons. The van der Waals surface area contributed by atoms with E-state index in [4.69, 9.17) is 17.2 Å². The van der Waals surface area contributed by atoms with Gasteiger partial charge in [0.1, 0.15) is 5.78 Å². The highest BCUT2D eigenvalue weighted by Gasteiger charge is 2.30. The van der Waals surface area contributed by atoms with Crippen molar-refractivity contribution in [2.24, 2.45) is 10.4 Å². The molecule has 0 bridgehead atoms. The van der Waals surface area contributed by atoms with Crippen molar-refractivity contribution in [2.45, 2.75) is 40.0 Å². The number of thiocarbonyl (C=S) groups is 1. The van der Waals surface area contributed by atoms with Gasteiger partial charge in [-0.05, 0) is 31.0 Å². The molecule has 0 aromatic rings. The zero-order valence-corrected chi connectivity index (χ0v) is 15.5. The van der Waals surface area contributed by atoms with Crippen LogP contribution in [0.15, 0.2) is 4.99 Å². The monoisotopic (exact) mass is 338 g/mol. The Morgan fingerprint density at radius 1 is 1.26 bits per heavy atom. The average Bonchev–Trinajstić information content (AvgIpc) is 2.46. The fraction of sp³-hybridized carbons (Fsp3) is 0.824. The lowest BCUT2D eigenvalue weighted by atomic mass is 9.76. The van der Waals surface area contributed by atoms with Crippen LogP contribution in [-0.4, -0.2) is 72.2 Å². The molecule has 2 aliphatic rings. The van der Waals surface area contributed by atoms with Gasteiger partial charge in [0.2, 0.25) is 0 Å². The van der Waals surface area contributed by atoms with Crippen LogP contribution in [0.3, 0.4) is 0 Å². The Hall–Kier alpha value is -1.01. The molecule has 0 unspecified atom stereocenters. The highest BCUT2D eigenvalue weighted by atomic mass is 32.1. The number of Topliss-reactive ketones (excluding diaryl/α,β-unsaturated/α-hetero) is 1. The van der Waals surface area contributed by atoms with Gasteiger partial charge in [-0.25, -0.2) is 0 Å². The van der Waals surface area contributed by atoms with E-state index < -0.39 is 0 Å². The smallest absolute Gasteiger partial charge is 0.169 e. The SMILES string of the molecule is CCNC(=S)N1CCN(CCN=C2CC(=O)CC(C)(C)C2)CC1. The van der Waals surface area contributed by atoms with E-state index in [1.54, 1.807) is 0 Å². The summed E-state index contributed by atoms with van der Waals surface area (Å²) in [5.74, 6) is 0.338. The molecule has 5 nitrogen and oxygen atoms in total. The minimum Gasteiger partial charge on any atom is -0.363 e. The Labute approximate surface area is 145 Å². The number of nitrogens with zero attached hydrogens (tertiary/aromatic N) is 3. The van der Waals surface area contributed by atoms with Gasteiger partial charge in [-0.3, -0.25) is 14.7 Å². The highest BCUT2D eigenvalue weighted by Crippen LogP contribution is 2.31. The van der Waals surface area contributed by atoms with E-state index >= 15 is 0 Å². The summed E-state index contributed by atoms with van der Waals surface area (Å²) in [6.07, 6.45) is 2.22. The van der Waals surface area contributed by atoms with Crippen molar-refractivity contribution >= 4 is 28.8 Å². The fourth-order valence-corrected chi connectivity index (χ4v) is 3.73. The summed E-state index contributed by atoms with van der Waals surface area (Å²) < 4.78 is 0. The van der Waals surface area contributed by atoms with Crippen molar-refractivity contribution in [3.8, 4) is 0 Å². The molecule has 1 saturated carbocycles. The quantitative estimate of drug-likeness (QED) is 0.791. The maximum absolute atomic E-state index is 11.8. The summed E-state index contributed by atoms with van der Waals surface area (Å²) in [5, 5.41) is 4.08. The summed E-state index contributed by atoms with van der Waals surface area (Å²) in [4.78, 5) is 21.2. The maximum atomic E-state index is 11.8. The van der Waals surface area contributed by atoms with Crippen molar-refractivity contribution in [1.29, 1.82) is 0 Å². The van der Waals surface area contributed by atoms with Crippen LogP contribution in [0, 0.1) is 5.41 Å². The summed E-state index contributed by atoms with van der Waals surface area (Å²) in [6.45, 7) is 13.1. The van der Waals surface area contributed by atoms with E-state index in [2.05, 4.69) is 35.9 Å². The summed E-state index contributed by atoms with van der Waals surface area (Å²) >= 11 is 5.36. The van der Waals surface area contributed by atoms with E-state index in [-0.39, 0.29) is 5.41 Å². The molecule has 23 heavy (non-hydrogen) atoms. The second-order valence-corrected chi connectivity index (χ2v) is 7.73. The van der Waals surface area contributed by atoms with Crippen molar-refractivity contribution < 1.29 is 4.79 Å². The lowest BCUT2D eigenvalue weighted by Crippen LogP contribution is -2.52. The molecule has 2 rings (SSSR count). The number of carbonyl (C=O) groups excluding carboxylic acids is 1. The molecule has 0 aromatic heterocycles. The van der Waals surface area contributed by atoms with Crippen LogP contribution < -0.4 is 5.32 Å². The molecule has 0 aromatic carbocycles. The predicted molar refractivity (Wildman–Crippen MR) is 99.2 cm³/mol. The van der Waals surface area contributed by atoms with Gasteiger partial charge in [-0.1, -0.05) is 13.8 Å². The lowest BCUT2D eigenvalue weighted by molar-refractivity contribution is -0.120. The van der Waals surface area contributed by atoms with Crippen molar-refractivity contribution in [1.82, 2.24) is 15.1 Å². The topological polar surface area (TPSA) is 47.9 Å². The summed E-state index contributed by atoms with van der Waals surface area (Å²) in [5.41, 5.74) is 1.18. The van der Waals surface area contributed by atoms with Crippen LogP contribution in [0.25, 0.3) is 0 Å². The van der Waals surface area contributed by atoms with Gasteiger partial charge in [0.25, 0.3) is 0 Å². The standard InChI is InChI=1S/C17H30N4OS/c1-4-18-16(23)21-9-7-20(8-10-21)6-5-19-14-11-15(22)13-17(2,3)12-14/h4-13H2,1-3H3,(H,18,23). The van der Waals surface area contributed by atoms with E-state index in [1.165, 1.54) is 0 Å². The van der Waals surface area contributed by atoms with Crippen LogP contribution in [0.5, 0.6) is 0 Å². The Bertz CT molecular complexity index is 467. The van der Waals surface area contributed by atoms with Crippen LogP contribution in [0.4, 0.5) is 0 Å². The number of nitrogens with one attached hydrogen (secondary N) is 1. The van der Waals surface area contributed by atoms with E-state index in [0.717, 1.165) is 63.1 Å². The van der Waals surface area contributed by atoms with Gasteiger partial charge in [0.15, 0.2) is 5.11 Å². The first-order valence-corrected chi connectivity index (χ1v) is 9.09. The van der Waals surface area contributed by atoms with Gasteiger partial charge in [-0.2, -0.15) is 0 Å². The first-order valence-electron chi connectivity index (χ1n) is 8.68. The molecule has 0 amide bonds. The van der Waals surface area contributed by atoms with Crippen molar-refractivity contribution in [3.63, 3.8) is 0 Å². The van der Waals surface area contributed by atoms with E-state index in [0.29, 0.717) is 18.6 Å². The highest BCUT2D eigenvalue weighted by molar-refractivity contribution is 7.80. The lowest BCUT2D eigenvalue weighted by Gasteiger charge is -2.36. The Morgan fingerprint density at radius 2 is 1.96 bits per heavy atom. The molecule has 1 N–H and O–H groups in total. The maximum Gasteiger partial charge on any atom is 0.169 e. The molecule has 1 heterocycles. The molecule has 0 radical (unpaired) electrons. The number of hydrogen-bond acceptors (Lipinski definition) is 4. The van der Waals surface area contributed by atoms with Gasteiger partial charge in [0.05, 0.1) is 6.54 Å². The first-order chi connectivity index (χ1) is 10.9. The number of ketones is 1. The molecular weight excluding hydrogens is 308 g/mol. The number of aliphatic imine (C=N–C) groups is 1. The molecular formula is C17H30N4OS. The van der Waals surface area contributed by atoms with Crippen LogP contribution in [-0.2, 0) is 4.79 Å². The fourth-order valence-electron chi connectivity index (χ4n) is 3.40. The Balaban J connectivity index is 1.72. The molecule has 1 aliphatic carbocycles. The van der Waals surface area contributed by atoms with Crippen molar-refractivity contribution in [2.75, 3.05) is 45.8 Å². The third-order valence-electron chi connectivity index (χ3n) is 4.50. The van der Waals surface area contributed by atoms with Crippen LogP contribution in [0.2, 0.25) is 0 Å². The second kappa shape index (κ2) is 8.20. The van der Waals surface area contributed by atoms with Crippen LogP contribution >= 0.6 is 12.2 Å².